The van der Waals surface area contributed by atoms with Crippen LogP contribution in [0.3, 0.4) is 0 Å². The Hall–Kier alpha value is -0.920. The number of carbonyl (C=O) groups is 1. The number of hydrogen-bond donors (Lipinski definition) is 2. The van der Waals surface area contributed by atoms with Gasteiger partial charge in [-0.25, -0.2) is 4.98 Å². The van der Waals surface area contributed by atoms with Crippen LogP contribution in [0.2, 0.25) is 0 Å². The van der Waals surface area contributed by atoms with E-state index >= 15 is 0 Å². The number of carbonyl (C=O) groups excluding carboxylic acids is 1. The second kappa shape index (κ2) is 6.89. The van der Waals surface area contributed by atoms with Gasteiger partial charge in [0.2, 0.25) is 0 Å². The van der Waals surface area contributed by atoms with Gasteiger partial charge in [0, 0.05) is 24.7 Å². The lowest BCUT2D eigenvalue weighted by molar-refractivity contribution is 0.102. The van der Waals surface area contributed by atoms with Crippen molar-refractivity contribution >= 4 is 65.2 Å². The average molecular weight is 478 g/mol. The topological polar surface area (TPSA) is 68.0 Å². The Morgan fingerprint density at radius 2 is 1.81 bits per heavy atom. The largest absolute Gasteiger partial charge is 0.384 e. The van der Waals surface area contributed by atoms with Crippen LogP contribution in [0.1, 0.15) is 23.0 Å². The van der Waals surface area contributed by atoms with Crippen LogP contribution in [0.4, 0.5) is 11.5 Å². The molecule has 0 saturated carbocycles. The highest BCUT2D eigenvalue weighted by Gasteiger charge is 2.13. The average Bonchev–Trinajstić information content (AvgIpc) is 2.41. The summed E-state index contributed by atoms with van der Waals surface area (Å²) in [5, 5.41) is 2.86. The maximum atomic E-state index is 12.4. The van der Waals surface area contributed by atoms with Gasteiger partial charge in [-0.3, -0.25) is 4.79 Å². The van der Waals surface area contributed by atoms with E-state index in [-0.39, 0.29) is 5.91 Å². The molecule has 1 amide bonds. The molecule has 0 aliphatic heterocycles. The number of benzene rings is 1. The second-order valence-electron chi connectivity index (χ2n) is 4.32. The Labute approximate surface area is 147 Å². The van der Waals surface area contributed by atoms with Crippen LogP contribution in [0, 0.1) is 0 Å². The van der Waals surface area contributed by atoms with E-state index in [1.807, 2.05) is 19.1 Å². The lowest BCUT2D eigenvalue weighted by Crippen LogP contribution is -2.14. The summed E-state index contributed by atoms with van der Waals surface area (Å²) in [6.07, 6.45) is 0.719. The molecule has 2 rings (SSSR count). The molecule has 2 aromatic rings. The highest BCUT2D eigenvalue weighted by molar-refractivity contribution is 9.11. The predicted octanol–water partition coefficient (Wildman–Crippen LogP) is 4.77. The van der Waals surface area contributed by atoms with Crippen molar-refractivity contribution in [3.63, 3.8) is 0 Å². The van der Waals surface area contributed by atoms with E-state index in [4.69, 9.17) is 5.73 Å². The van der Waals surface area contributed by atoms with Crippen LogP contribution in [-0.2, 0) is 6.42 Å². The van der Waals surface area contributed by atoms with Crippen molar-refractivity contribution in [2.24, 2.45) is 0 Å². The van der Waals surface area contributed by atoms with Crippen LogP contribution >= 0.6 is 47.8 Å². The fourth-order valence-corrected chi connectivity index (χ4v) is 4.23. The number of nitrogens with one attached hydrogen (secondary N) is 1. The molecule has 0 saturated heterocycles. The number of aromatic nitrogens is 1. The van der Waals surface area contributed by atoms with Gasteiger partial charge in [0.25, 0.3) is 5.91 Å². The first-order valence-corrected chi connectivity index (χ1v) is 8.51. The smallest absolute Gasteiger partial charge is 0.255 e. The monoisotopic (exact) mass is 475 g/mol. The first-order valence-electron chi connectivity index (χ1n) is 6.13. The molecule has 110 valence electrons. The van der Waals surface area contributed by atoms with Gasteiger partial charge in [-0.05, 0) is 62.5 Å². The molecule has 0 unspecified atom stereocenters. The normalized spacial score (nSPS) is 10.5. The summed E-state index contributed by atoms with van der Waals surface area (Å²) in [5.41, 5.74) is 7.67. The van der Waals surface area contributed by atoms with Crippen molar-refractivity contribution in [1.29, 1.82) is 0 Å². The van der Waals surface area contributed by atoms with Gasteiger partial charge in [0.05, 0.1) is 5.69 Å². The molecule has 3 N–H and O–H groups in total. The van der Waals surface area contributed by atoms with Crippen molar-refractivity contribution in [3.8, 4) is 0 Å². The zero-order chi connectivity index (χ0) is 15.6. The maximum absolute atomic E-state index is 12.4. The molecule has 0 bridgehead atoms. The minimum Gasteiger partial charge on any atom is -0.384 e. The Morgan fingerprint density at radius 3 is 2.38 bits per heavy atom. The first kappa shape index (κ1) is 16.5. The summed E-state index contributed by atoms with van der Waals surface area (Å²) in [4.78, 5) is 16.5. The second-order valence-corrected chi connectivity index (χ2v) is 6.95. The Balaban J connectivity index is 2.32. The quantitative estimate of drug-likeness (QED) is 0.669. The van der Waals surface area contributed by atoms with Gasteiger partial charge in [-0.15, -0.1) is 0 Å². The van der Waals surface area contributed by atoms with E-state index in [1.165, 1.54) is 0 Å². The molecule has 0 aliphatic carbocycles. The van der Waals surface area contributed by atoms with Crippen LogP contribution in [0.15, 0.2) is 37.7 Å². The van der Waals surface area contributed by atoms with Gasteiger partial charge >= 0.3 is 0 Å². The fourth-order valence-electron chi connectivity index (χ4n) is 1.77. The van der Waals surface area contributed by atoms with Gasteiger partial charge in [0.15, 0.2) is 0 Å². The van der Waals surface area contributed by atoms with E-state index in [1.54, 1.807) is 12.1 Å². The standard InChI is InChI=1S/C14H12Br3N3O/c1-2-9-3-7(4-12(18)19-9)14(21)20-13-10(16)5-8(15)6-11(13)17/h3-6H,2H2,1H3,(H2,18,19)(H,20,21). The molecule has 0 fully saturated rings. The Bertz CT molecular complexity index is 681. The highest BCUT2D eigenvalue weighted by atomic mass is 79.9. The Kier molecular flexibility index (Phi) is 5.40. The number of nitrogens with two attached hydrogens (primary N) is 1. The summed E-state index contributed by atoms with van der Waals surface area (Å²) < 4.78 is 2.45. The number of halogens is 3. The van der Waals surface area contributed by atoms with Crippen molar-refractivity contribution in [2.45, 2.75) is 13.3 Å². The minimum atomic E-state index is -0.234. The van der Waals surface area contributed by atoms with Gasteiger partial charge < -0.3 is 11.1 Å². The number of nitrogens with zero attached hydrogens (tertiary/aromatic N) is 1. The van der Waals surface area contributed by atoms with Crippen LogP contribution in [0.5, 0.6) is 0 Å². The molecule has 0 aliphatic rings. The number of nitrogen functional groups attached to an aromatic ring is 1. The molecule has 0 radical (unpaired) electrons. The van der Waals surface area contributed by atoms with Gasteiger partial charge in [0.1, 0.15) is 5.82 Å². The fraction of sp³-hybridized carbons (Fsp3) is 0.143. The molecular weight excluding hydrogens is 466 g/mol. The molecular formula is C14H12Br3N3O. The summed E-state index contributed by atoms with van der Waals surface area (Å²) in [6.45, 7) is 1.96. The molecule has 1 aromatic carbocycles. The van der Waals surface area contributed by atoms with E-state index < -0.39 is 0 Å². The van der Waals surface area contributed by atoms with Gasteiger partial charge in [-0.1, -0.05) is 22.9 Å². The molecule has 1 heterocycles. The summed E-state index contributed by atoms with van der Waals surface area (Å²) in [5.74, 6) is 0.107. The molecule has 0 spiro atoms. The van der Waals surface area contributed by atoms with Crippen LogP contribution < -0.4 is 11.1 Å². The number of amides is 1. The molecule has 4 nitrogen and oxygen atoms in total. The third-order valence-electron chi connectivity index (χ3n) is 2.77. The van der Waals surface area contributed by atoms with E-state index in [9.17, 15) is 4.79 Å². The lowest BCUT2D eigenvalue weighted by Gasteiger charge is -2.11. The number of pyridine rings is 1. The van der Waals surface area contributed by atoms with Crippen molar-refractivity contribution in [2.75, 3.05) is 11.1 Å². The van der Waals surface area contributed by atoms with Crippen molar-refractivity contribution < 1.29 is 4.79 Å². The summed E-state index contributed by atoms with van der Waals surface area (Å²) in [7, 11) is 0. The number of aryl methyl sites for hydroxylation is 1. The molecule has 0 atom stereocenters. The van der Waals surface area contributed by atoms with Crippen molar-refractivity contribution in [3.05, 3.63) is 48.9 Å². The minimum absolute atomic E-state index is 0.234. The van der Waals surface area contributed by atoms with Gasteiger partial charge in [-0.2, -0.15) is 0 Å². The highest BCUT2D eigenvalue weighted by Crippen LogP contribution is 2.34. The number of anilines is 2. The zero-order valence-electron chi connectivity index (χ0n) is 11.1. The predicted molar refractivity (Wildman–Crippen MR) is 95.5 cm³/mol. The van der Waals surface area contributed by atoms with Crippen LogP contribution in [-0.4, -0.2) is 10.9 Å². The van der Waals surface area contributed by atoms with Crippen molar-refractivity contribution in [1.82, 2.24) is 4.98 Å². The SMILES string of the molecule is CCc1cc(C(=O)Nc2c(Br)cc(Br)cc2Br)cc(N)n1. The van der Waals surface area contributed by atoms with E-state index in [2.05, 4.69) is 58.1 Å². The molecule has 1 aromatic heterocycles. The lowest BCUT2D eigenvalue weighted by atomic mass is 10.1. The Morgan fingerprint density at radius 1 is 1.19 bits per heavy atom. The number of rotatable bonds is 3. The first-order chi connectivity index (χ1) is 9.90. The molecule has 21 heavy (non-hydrogen) atoms. The maximum Gasteiger partial charge on any atom is 0.255 e. The summed E-state index contributed by atoms with van der Waals surface area (Å²) >= 11 is 10.2. The van der Waals surface area contributed by atoms with E-state index in [0.717, 1.165) is 25.5 Å². The van der Waals surface area contributed by atoms with E-state index in [0.29, 0.717) is 17.1 Å². The zero-order valence-corrected chi connectivity index (χ0v) is 15.8. The summed E-state index contributed by atoms with van der Waals surface area (Å²) in [6, 6.07) is 7.03. The number of hydrogen-bond acceptors (Lipinski definition) is 3. The molecule has 7 heteroatoms. The third kappa shape index (κ3) is 4.05. The van der Waals surface area contributed by atoms with Crippen LogP contribution in [0.25, 0.3) is 0 Å². The third-order valence-corrected chi connectivity index (χ3v) is 4.48.